The lowest BCUT2D eigenvalue weighted by atomic mass is 9.58. The quantitative estimate of drug-likeness (QED) is 0.410. The standard InChI is InChI=1S/C23H27B4N7O/c1-13-29-12-18(33(13)2)17-7-15-8-19(31-11-16(15)10-30-17)32-21(35)14-3-6-28-20(9-14)34-22(24,25)4-5-23(34,26)27/h3,6-12H,4-5,24-27H2,1-2H3,(H,31,32,35). The number of nitrogens with zero attached hydrogens (tertiary/aromatic N) is 6. The van der Waals surface area contributed by atoms with Gasteiger partial charge in [0.2, 0.25) is 0 Å². The van der Waals surface area contributed by atoms with Crippen molar-refractivity contribution in [3.63, 3.8) is 0 Å². The number of pyridine rings is 3. The number of hydrogen-bond donors (Lipinski definition) is 1. The molecule has 0 aliphatic carbocycles. The van der Waals surface area contributed by atoms with Gasteiger partial charge >= 0.3 is 0 Å². The first kappa shape index (κ1) is 23.2. The van der Waals surface area contributed by atoms with Crippen LogP contribution in [0.25, 0.3) is 22.2 Å². The SMILES string of the molecule is BC1(B)CCC(B)(B)N1c1cc(C(=O)Nc2cc3cc(-c4cnc(C)n4C)ncc3cn2)ccn1. The van der Waals surface area contributed by atoms with Crippen LogP contribution in [-0.2, 0) is 7.05 Å². The molecule has 4 aromatic rings. The summed E-state index contributed by atoms with van der Waals surface area (Å²) in [5, 5.41) is 4.74. The first-order valence-corrected chi connectivity index (χ1v) is 11.9. The van der Waals surface area contributed by atoms with Gasteiger partial charge < -0.3 is 14.8 Å². The lowest BCUT2D eigenvalue weighted by Gasteiger charge is -2.43. The van der Waals surface area contributed by atoms with Gasteiger partial charge in [-0.1, -0.05) is 0 Å². The van der Waals surface area contributed by atoms with Crippen LogP contribution in [-0.4, -0.2) is 72.5 Å². The Kier molecular flexibility index (Phi) is 5.49. The summed E-state index contributed by atoms with van der Waals surface area (Å²) in [7, 11) is 10.9. The van der Waals surface area contributed by atoms with Crippen LogP contribution in [0.2, 0.25) is 0 Å². The Labute approximate surface area is 208 Å². The van der Waals surface area contributed by atoms with Gasteiger partial charge in [0.15, 0.2) is 0 Å². The molecule has 4 aromatic heterocycles. The number of amides is 1. The van der Waals surface area contributed by atoms with Crippen LogP contribution in [0.5, 0.6) is 0 Å². The number of aromatic nitrogens is 5. The number of anilines is 2. The topological polar surface area (TPSA) is 88.8 Å². The van der Waals surface area contributed by atoms with Crippen molar-refractivity contribution in [3.8, 4) is 11.4 Å². The van der Waals surface area contributed by atoms with E-state index in [1.165, 1.54) is 0 Å². The molecule has 35 heavy (non-hydrogen) atoms. The molecule has 5 rings (SSSR count). The number of carbonyl (C=O) groups excluding carboxylic acids is 1. The van der Waals surface area contributed by atoms with E-state index in [-0.39, 0.29) is 16.6 Å². The van der Waals surface area contributed by atoms with Crippen molar-refractivity contribution < 1.29 is 4.79 Å². The lowest BCUT2D eigenvalue weighted by Crippen LogP contribution is -2.56. The van der Waals surface area contributed by atoms with Gasteiger partial charge in [-0.25, -0.2) is 15.0 Å². The molecule has 1 saturated heterocycles. The fourth-order valence-corrected chi connectivity index (χ4v) is 5.13. The van der Waals surface area contributed by atoms with Crippen molar-refractivity contribution in [2.24, 2.45) is 7.05 Å². The van der Waals surface area contributed by atoms with Gasteiger partial charge in [0.05, 0.1) is 17.6 Å². The fourth-order valence-electron chi connectivity index (χ4n) is 5.13. The molecule has 0 atom stereocenters. The molecule has 1 amide bonds. The van der Waals surface area contributed by atoms with Crippen molar-refractivity contribution in [1.29, 1.82) is 0 Å². The highest BCUT2D eigenvalue weighted by atomic mass is 16.1. The van der Waals surface area contributed by atoms with E-state index in [0.717, 1.165) is 46.6 Å². The maximum Gasteiger partial charge on any atom is 0.257 e. The molecule has 0 aromatic carbocycles. The third-order valence-corrected chi connectivity index (χ3v) is 7.12. The summed E-state index contributed by atoms with van der Waals surface area (Å²) in [6.45, 7) is 1.96. The van der Waals surface area contributed by atoms with Crippen molar-refractivity contribution in [1.82, 2.24) is 24.5 Å². The van der Waals surface area contributed by atoms with Crippen LogP contribution in [0.4, 0.5) is 11.6 Å². The van der Waals surface area contributed by atoms with Crippen molar-refractivity contribution in [3.05, 3.63) is 60.4 Å². The summed E-state index contributed by atoms with van der Waals surface area (Å²) in [5.41, 5.74) is 2.30. The molecular formula is C23H27B4N7O. The van der Waals surface area contributed by atoms with Gasteiger partial charge in [-0.3, -0.25) is 9.78 Å². The Hall–Kier alpha value is -3.55. The van der Waals surface area contributed by atoms with E-state index in [1.54, 1.807) is 24.7 Å². The van der Waals surface area contributed by atoms with E-state index in [9.17, 15) is 4.79 Å². The minimum atomic E-state index is -0.216. The highest BCUT2D eigenvalue weighted by Gasteiger charge is 2.44. The summed E-state index contributed by atoms with van der Waals surface area (Å²) < 4.78 is 2.00. The van der Waals surface area contributed by atoms with E-state index in [1.807, 2.05) is 42.9 Å². The van der Waals surface area contributed by atoms with Gasteiger partial charge in [-0.2, -0.15) is 0 Å². The molecule has 1 N–H and O–H groups in total. The maximum atomic E-state index is 13.2. The van der Waals surface area contributed by atoms with E-state index < -0.39 is 0 Å². The third-order valence-electron chi connectivity index (χ3n) is 7.12. The second kappa shape index (κ2) is 8.29. The van der Waals surface area contributed by atoms with E-state index in [2.05, 4.69) is 61.5 Å². The zero-order valence-corrected chi connectivity index (χ0v) is 21.1. The fraction of sp³-hybridized carbons (Fsp3) is 0.261. The Bertz CT molecular complexity index is 1440. The molecule has 0 radical (unpaired) electrons. The van der Waals surface area contributed by atoms with Crippen LogP contribution >= 0.6 is 0 Å². The first-order valence-electron chi connectivity index (χ1n) is 11.9. The average molecular weight is 461 g/mol. The van der Waals surface area contributed by atoms with Crippen LogP contribution in [0.15, 0.2) is 49.1 Å². The maximum absolute atomic E-state index is 13.2. The van der Waals surface area contributed by atoms with Crippen molar-refractivity contribution in [2.75, 3.05) is 10.2 Å². The number of imidazole rings is 1. The molecule has 172 valence electrons. The molecule has 0 bridgehead atoms. The van der Waals surface area contributed by atoms with E-state index in [4.69, 9.17) is 0 Å². The molecule has 1 aliphatic heterocycles. The van der Waals surface area contributed by atoms with Crippen LogP contribution in [0.3, 0.4) is 0 Å². The lowest BCUT2D eigenvalue weighted by molar-refractivity contribution is 0.102. The largest absolute Gasteiger partial charge is 0.377 e. The van der Waals surface area contributed by atoms with Crippen LogP contribution in [0, 0.1) is 6.92 Å². The van der Waals surface area contributed by atoms with Gasteiger partial charge in [0.1, 0.15) is 48.8 Å². The molecule has 12 heteroatoms. The summed E-state index contributed by atoms with van der Waals surface area (Å²) in [6.07, 6.45) is 9.19. The zero-order chi connectivity index (χ0) is 25.0. The summed E-state index contributed by atoms with van der Waals surface area (Å²) in [5.74, 6) is 2.01. The predicted octanol–water partition coefficient (Wildman–Crippen LogP) is -0.574. The minimum Gasteiger partial charge on any atom is -0.377 e. The Balaban J connectivity index is 1.42. The van der Waals surface area contributed by atoms with Crippen molar-refractivity contribution in [2.45, 2.75) is 30.4 Å². The minimum absolute atomic E-state index is 0.0242. The summed E-state index contributed by atoms with van der Waals surface area (Å²) in [4.78, 5) is 33.4. The molecule has 1 aliphatic rings. The summed E-state index contributed by atoms with van der Waals surface area (Å²) >= 11 is 0. The molecule has 0 unspecified atom stereocenters. The number of carbonyl (C=O) groups is 1. The number of nitrogens with one attached hydrogen (secondary N) is 1. The number of fused-ring (bicyclic) bond motifs is 1. The number of hydrogen-bond acceptors (Lipinski definition) is 6. The Morgan fingerprint density at radius 2 is 1.66 bits per heavy atom. The average Bonchev–Trinajstić information content (AvgIpc) is 3.26. The van der Waals surface area contributed by atoms with Crippen molar-refractivity contribution >= 4 is 59.7 Å². The molecule has 1 fully saturated rings. The van der Waals surface area contributed by atoms with Crippen LogP contribution in [0.1, 0.15) is 29.0 Å². The van der Waals surface area contributed by atoms with Gasteiger partial charge in [-0.15, -0.1) is 0 Å². The van der Waals surface area contributed by atoms with Gasteiger partial charge in [0.25, 0.3) is 5.91 Å². The summed E-state index contributed by atoms with van der Waals surface area (Å²) in [6, 6.07) is 7.47. The molecule has 0 spiro atoms. The third kappa shape index (κ3) is 4.22. The molecule has 0 saturated carbocycles. The highest BCUT2D eigenvalue weighted by Crippen LogP contribution is 2.37. The monoisotopic (exact) mass is 461 g/mol. The smallest absolute Gasteiger partial charge is 0.257 e. The normalized spacial score (nSPS) is 16.5. The Morgan fingerprint density at radius 1 is 0.943 bits per heavy atom. The van der Waals surface area contributed by atoms with Gasteiger partial charge in [-0.05, 0) is 60.1 Å². The second-order valence-electron chi connectivity index (χ2n) is 10.6. The predicted molar refractivity (Wildman–Crippen MR) is 150 cm³/mol. The number of rotatable bonds is 4. The first-order chi connectivity index (χ1) is 16.5. The van der Waals surface area contributed by atoms with Gasteiger partial charge in [0, 0.05) is 36.6 Å². The molecular weight excluding hydrogens is 434 g/mol. The zero-order valence-electron chi connectivity index (χ0n) is 21.1. The van der Waals surface area contributed by atoms with E-state index >= 15 is 0 Å². The van der Waals surface area contributed by atoms with E-state index in [0.29, 0.717) is 11.4 Å². The van der Waals surface area contributed by atoms with Crippen LogP contribution < -0.4 is 10.2 Å². The Morgan fingerprint density at radius 3 is 2.34 bits per heavy atom. The molecule has 8 nitrogen and oxygen atoms in total. The molecule has 5 heterocycles. The highest BCUT2D eigenvalue weighted by molar-refractivity contribution is 6.48. The second-order valence-corrected chi connectivity index (χ2v) is 10.6. The number of aryl methyl sites for hydroxylation is 1.